The SMILES string of the molecule is CCc1cc(=S)n(-c2ccncn2)[nH]1. The molecule has 0 aliphatic heterocycles. The Kier molecular flexibility index (Phi) is 2.41. The molecule has 0 aliphatic carbocycles. The number of nitrogens with zero attached hydrogens (tertiary/aromatic N) is 3. The first-order valence-electron chi connectivity index (χ1n) is 4.38. The Bertz CT molecular complexity index is 471. The topological polar surface area (TPSA) is 46.5 Å². The molecule has 0 amide bonds. The maximum Gasteiger partial charge on any atom is 0.156 e. The summed E-state index contributed by atoms with van der Waals surface area (Å²) in [6, 6.07) is 3.75. The summed E-state index contributed by atoms with van der Waals surface area (Å²) in [5.41, 5.74) is 1.11. The van der Waals surface area contributed by atoms with Crippen LogP contribution in [0.2, 0.25) is 0 Å². The van der Waals surface area contributed by atoms with Gasteiger partial charge >= 0.3 is 0 Å². The zero-order valence-electron chi connectivity index (χ0n) is 7.77. The van der Waals surface area contributed by atoms with Crippen molar-refractivity contribution in [2.24, 2.45) is 0 Å². The average Bonchev–Trinajstić information content (AvgIpc) is 2.61. The minimum atomic E-state index is 0.737. The van der Waals surface area contributed by atoms with Crippen LogP contribution in [0.5, 0.6) is 0 Å². The summed E-state index contributed by atoms with van der Waals surface area (Å²) in [5, 5.41) is 3.17. The predicted octanol–water partition coefficient (Wildman–Crippen LogP) is 1.89. The van der Waals surface area contributed by atoms with Crippen molar-refractivity contribution in [3.8, 4) is 5.82 Å². The monoisotopic (exact) mass is 206 g/mol. The summed E-state index contributed by atoms with van der Waals surface area (Å²) in [5.74, 6) is 0.768. The van der Waals surface area contributed by atoms with E-state index < -0.39 is 0 Å². The highest BCUT2D eigenvalue weighted by atomic mass is 32.1. The minimum Gasteiger partial charge on any atom is -0.296 e. The summed E-state index contributed by atoms with van der Waals surface area (Å²) in [7, 11) is 0. The van der Waals surface area contributed by atoms with Gasteiger partial charge in [-0.2, -0.15) is 0 Å². The van der Waals surface area contributed by atoms with Crippen molar-refractivity contribution in [1.82, 2.24) is 19.7 Å². The molecule has 2 heterocycles. The molecule has 0 spiro atoms. The molecule has 0 saturated heterocycles. The van der Waals surface area contributed by atoms with E-state index in [1.54, 1.807) is 10.9 Å². The van der Waals surface area contributed by atoms with Gasteiger partial charge in [0, 0.05) is 18.0 Å². The van der Waals surface area contributed by atoms with Gasteiger partial charge in [-0.25, -0.2) is 14.6 Å². The second kappa shape index (κ2) is 3.71. The van der Waals surface area contributed by atoms with Gasteiger partial charge in [-0.15, -0.1) is 0 Å². The van der Waals surface area contributed by atoms with E-state index in [0.29, 0.717) is 0 Å². The molecule has 2 rings (SSSR count). The molecule has 0 aliphatic rings. The van der Waals surface area contributed by atoms with E-state index >= 15 is 0 Å². The van der Waals surface area contributed by atoms with Gasteiger partial charge in [0.05, 0.1) is 0 Å². The van der Waals surface area contributed by atoms with Crippen molar-refractivity contribution in [2.75, 3.05) is 0 Å². The molecule has 0 fully saturated rings. The van der Waals surface area contributed by atoms with Gasteiger partial charge in [-0.3, -0.25) is 5.10 Å². The first-order chi connectivity index (χ1) is 6.81. The maximum atomic E-state index is 5.19. The summed E-state index contributed by atoms with van der Waals surface area (Å²) in [6.07, 6.45) is 4.13. The van der Waals surface area contributed by atoms with Crippen LogP contribution < -0.4 is 0 Å². The van der Waals surface area contributed by atoms with Crippen LogP contribution in [0.3, 0.4) is 0 Å². The smallest absolute Gasteiger partial charge is 0.156 e. The third-order valence-electron chi connectivity index (χ3n) is 1.95. The Balaban J connectivity index is 2.52. The molecule has 4 nitrogen and oxygen atoms in total. The molecule has 5 heteroatoms. The number of nitrogens with one attached hydrogen (secondary N) is 1. The molecule has 2 aromatic heterocycles. The van der Waals surface area contributed by atoms with Gasteiger partial charge in [0.25, 0.3) is 0 Å². The van der Waals surface area contributed by atoms with Gasteiger partial charge in [-0.05, 0) is 12.5 Å². The van der Waals surface area contributed by atoms with E-state index in [2.05, 4.69) is 22.0 Å². The first-order valence-corrected chi connectivity index (χ1v) is 4.79. The van der Waals surface area contributed by atoms with Gasteiger partial charge in [0.2, 0.25) is 0 Å². The maximum absolute atomic E-state index is 5.19. The lowest BCUT2D eigenvalue weighted by molar-refractivity contribution is 0.803. The predicted molar refractivity (Wildman–Crippen MR) is 55.9 cm³/mol. The van der Waals surface area contributed by atoms with Crippen molar-refractivity contribution in [3.63, 3.8) is 0 Å². The third kappa shape index (κ3) is 1.58. The lowest BCUT2D eigenvalue weighted by Gasteiger charge is -1.99. The highest BCUT2D eigenvalue weighted by Gasteiger charge is 2.00. The Morgan fingerprint density at radius 3 is 3.00 bits per heavy atom. The molecule has 0 bridgehead atoms. The molecule has 0 radical (unpaired) electrons. The van der Waals surface area contributed by atoms with Crippen molar-refractivity contribution in [1.29, 1.82) is 0 Å². The number of aryl methyl sites for hydroxylation is 1. The van der Waals surface area contributed by atoms with Crippen LogP contribution in [-0.4, -0.2) is 19.7 Å². The van der Waals surface area contributed by atoms with Crippen LogP contribution in [0, 0.1) is 4.64 Å². The summed E-state index contributed by atoms with van der Waals surface area (Å²) < 4.78 is 2.51. The Morgan fingerprint density at radius 1 is 1.57 bits per heavy atom. The molecular weight excluding hydrogens is 196 g/mol. The molecule has 0 aromatic carbocycles. The van der Waals surface area contributed by atoms with E-state index in [4.69, 9.17) is 12.2 Å². The van der Waals surface area contributed by atoms with Crippen molar-refractivity contribution in [3.05, 3.63) is 35.0 Å². The number of hydrogen-bond donors (Lipinski definition) is 1. The van der Waals surface area contributed by atoms with Gasteiger partial charge < -0.3 is 0 Å². The first kappa shape index (κ1) is 9.08. The lowest BCUT2D eigenvalue weighted by Crippen LogP contribution is -1.99. The number of hydrogen-bond acceptors (Lipinski definition) is 3. The van der Waals surface area contributed by atoms with Crippen LogP contribution in [0.25, 0.3) is 5.82 Å². The van der Waals surface area contributed by atoms with E-state index in [1.165, 1.54) is 6.33 Å². The molecule has 2 aromatic rings. The Labute approximate surface area is 86.6 Å². The van der Waals surface area contributed by atoms with E-state index in [0.717, 1.165) is 22.6 Å². The van der Waals surface area contributed by atoms with Gasteiger partial charge in [0.1, 0.15) is 11.0 Å². The highest BCUT2D eigenvalue weighted by Crippen LogP contribution is 2.05. The fourth-order valence-electron chi connectivity index (χ4n) is 1.21. The lowest BCUT2D eigenvalue weighted by atomic mass is 10.4. The largest absolute Gasteiger partial charge is 0.296 e. The van der Waals surface area contributed by atoms with Crippen molar-refractivity contribution >= 4 is 12.2 Å². The number of H-pyrrole nitrogens is 1. The Hall–Kier alpha value is -1.49. The Morgan fingerprint density at radius 2 is 2.43 bits per heavy atom. The highest BCUT2D eigenvalue weighted by molar-refractivity contribution is 7.71. The van der Waals surface area contributed by atoms with Crippen LogP contribution in [0.1, 0.15) is 12.6 Å². The number of aromatic amines is 1. The fraction of sp³-hybridized carbons (Fsp3) is 0.222. The average molecular weight is 206 g/mol. The van der Waals surface area contributed by atoms with Gasteiger partial charge in [0.15, 0.2) is 5.82 Å². The second-order valence-electron chi connectivity index (χ2n) is 2.88. The minimum absolute atomic E-state index is 0.737. The third-order valence-corrected chi connectivity index (χ3v) is 2.25. The number of aromatic nitrogens is 4. The molecule has 1 N–H and O–H groups in total. The van der Waals surface area contributed by atoms with Crippen LogP contribution in [-0.2, 0) is 6.42 Å². The zero-order chi connectivity index (χ0) is 9.97. The summed E-state index contributed by atoms with van der Waals surface area (Å²) >= 11 is 5.19. The molecule has 14 heavy (non-hydrogen) atoms. The summed E-state index contributed by atoms with van der Waals surface area (Å²) in [6.45, 7) is 2.07. The van der Waals surface area contributed by atoms with Crippen LogP contribution in [0.15, 0.2) is 24.7 Å². The van der Waals surface area contributed by atoms with E-state index in [9.17, 15) is 0 Å². The molecule has 72 valence electrons. The van der Waals surface area contributed by atoms with Gasteiger partial charge in [-0.1, -0.05) is 19.1 Å². The normalized spacial score (nSPS) is 10.4. The van der Waals surface area contributed by atoms with Crippen molar-refractivity contribution < 1.29 is 0 Å². The molecule has 0 atom stereocenters. The zero-order valence-corrected chi connectivity index (χ0v) is 8.58. The second-order valence-corrected chi connectivity index (χ2v) is 3.29. The van der Waals surface area contributed by atoms with Crippen molar-refractivity contribution in [2.45, 2.75) is 13.3 Å². The van der Waals surface area contributed by atoms with Crippen LogP contribution in [0.4, 0.5) is 0 Å². The number of rotatable bonds is 2. The van der Waals surface area contributed by atoms with E-state index in [-0.39, 0.29) is 0 Å². The van der Waals surface area contributed by atoms with Crippen LogP contribution >= 0.6 is 12.2 Å². The molecule has 0 unspecified atom stereocenters. The fourth-order valence-corrected chi connectivity index (χ4v) is 1.49. The molecule has 0 saturated carbocycles. The quantitative estimate of drug-likeness (QED) is 0.763. The standard InChI is InChI=1S/C9H10N4S/c1-2-7-5-9(14)13(12-7)8-3-4-10-6-11-8/h3-6,12H,2H2,1H3. The summed E-state index contributed by atoms with van der Waals surface area (Å²) in [4.78, 5) is 7.97. The molecular formula is C9H10N4S. The van der Waals surface area contributed by atoms with E-state index in [1.807, 2.05) is 12.1 Å².